The minimum Gasteiger partial charge on any atom is -0.704 e. The van der Waals surface area contributed by atoms with Crippen molar-refractivity contribution < 1.29 is 4.87 Å². The second-order valence-corrected chi connectivity index (χ2v) is 1.51. The number of hydrazine groups is 1. The van der Waals surface area contributed by atoms with Crippen LogP contribution < -0.4 is 0 Å². The second-order valence-electron chi connectivity index (χ2n) is 1.51. The van der Waals surface area contributed by atoms with Gasteiger partial charge in [0.05, 0.1) is 11.5 Å². The third-order valence-corrected chi connectivity index (χ3v) is 0.948. The van der Waals surface area contributed by atoms with Gasteiger partial charge in [0, 0.05) is 6.42 Å². The predicted octanol–water partition coefficient (Wildman–Crippen LogP) is -0.116. The summed E-state index contributed by atoms with van der Waals surface area (Å²) in [6.45, 7) is 0.729. The molecule has 0 unspecified atom stereocenters. The lowest BCUT2D eigenvalue weighted by Gasteiger charge is -2.08. The van der Waals surface area contributed by atoms with E-state index >= 15 is 0 Å². The van der Waals surface area contributed by atoms with Crippen LogP contribution in [0.3, 0.4) is 0 Å². The van der Waals surface area contributed by atoms with Crippen molar-refractivity contribution in [2.75, 3.05) is 13.1 Å². The molecule has 0 aromatic rings. The monoisotopic (exact) mass is 102 g/mol. The number of hydrogen-bond donors (Lipinski definition) is 0. The van der Waals surface area contributed by atoms with E-state index in [1.54, 1.807) is 0 Å². The van der Waals surface area contributed by atoms with Crippen molar-refractivity contribution in [1.82, 2.24) is 5.17 Å². The Bertz CT molecular complexity index is 92.9. The summed E-state index contributed by atoms with van der Waals surface area (Å²) in [5.41, 5.74) is 0. The largest absolute Gasteiger partial charge is 0.704 e. The molecule has 7 heavy (non-hydrogen) atoms. The molecule has 40 valence electrons. The van der Waals surface area contributed by atoms with E-state index in [1.807, 2.05) is 0 Å². The number of nitroso groups, excluding NO2 is 1. The minimum absolute atomic E-state index is 0.365. The summed E-state index contributed by atoms with van der Waals surface area (Å²) in [6, 6.07) is 0. The molecule has 0 radical (unpaired) electrons. The first-order valence-corrected chi connectivity index (χ1v) is 2.20. The first-order valence-electron chi connectivity index (χ1n) is 2.20. The standard InChI is InChI=1S/C3H6N2O2/c6-4-2-1-3-5(4)7/h1-3H2. The van der Waals surface area contributed by atoms with Crippen molar-refractivity contribution >= 4 is 0 Å². The maximum absolute atomic E-state index is 10.1. The molecule has 4 heteroatoms. The summed E-state index contributed by atoms with van der Waals surface area (Å²) in [5.74, 6) is 0. The molecule has 0 aromatic heterocycles. The molecule has 0 saturated carbocycles. The van der Waals surface area contributed by atoms with E-state index in [-0.39, 0.29) is 0 Å². The average Bonchev–Trinajstić information content (AvgIpc) is 1.91. The van der Waals surface area contributed by atoms with Crippen LogP contribution in [0.25, 0.3) is 0 Å². The molecular formula is C3H6N2O2. The van der Waals surface area contributed by atoms with Crippen molar-refractivity contribution in [3.63, 3.8) is 0 Å². The average molecular weight is 102 g/mol. The van der Waals surface area contributed by atoms with Gasteiger partial charge in [-0.05, 0) is 0 Å². The van der Waals surface area contributed by atoms with Gasteiger partial charge < -0.3 is 5.21 Å². The molecule has 1 rings (SSSR count). The van der Waals surface area contributed by atoms with Gasteiger partial charge in [-0.15, -0.1) is 0 Å². The Morgan fingerprint density at radius 3 is 2.57 bits per heavy atom. The Labute approximate surface area is 40.8 Å². The zero-order valence-electron chi connectivity index (χ0n) is 3.83. The first-order chi connectivity index (χ1) is 3.30. The van der Waals surface area contributed by atoms with Gasteiger partial charge in [-0.2, -0.15) is 5.17 Å². The van der Waals surface area contributed by atoms with Crippen molar-refractivity contribution in [2.45, 2.75) is 6.42 Å². The molecule has 4 nitrogen and oxygen atoms in total. The number of hydroxylamine groups is 1. The van der Waals surface area contributed by atoms with Crippen molar-refractivity contribution in [2.24, 2.45) is 0 Å². The van der Waals surface area contributed by atoms with Crippen LogP contribution in [-0.2, 0) is 0 Å². The molecule has 1 fully saturated rings. The molecule has 0 aliphatic carbocycles. The lowest BCUT2D eigenvalue weighted by Crippen LogP contribution is -2.18. The summed E-state index contributed by atoms with van der Waals surface area (Å²) < 4.78 is 0. The Morgan fingerprint density at radius 1 is 1.71 bits per heavy atom. The molecule has 1 saturated heterocycles. The molecule has 1 heterocycles. The smallest absolute Gasteiger partial charge is 0.226 e. The van der Waals surface area contributed by atoms with Crippen molar-refractivity contribution in [1.29, 1.82) is 0 Å². The van der Waals surface area contributed by atoms with E-state index in [0.29, 0.717) is 29.6 Å². The van der Waals surface area contributed by atoms with Gasteiger partial charge in [0.2, 0.25) is 6.54 Å². The van der Waals surface area contributed by atoms with E-state index in [4.69, 9.17) is 0 Å². The predicted molar refractivity (Wildman–Crippen MR) is 23.2 cm³/mol. The molecule has 1 aliphatic rings. The van der Waals surface area contributed by atoms with Crippen molar-refractivity contribution in [3.8, 4) is 0 Å². The quantitative estimate of drug-likeness (QED) is 0.401. The van der Waals surface area contributed by atoms with Crippen LogP contribution in [0.5, 0.6) is 0 Å². The summed E-state index contributed by atoms with van der Waals surface area (Å²) in [4.78, 5) is 10.5. The Hall–Kier alpha value is -0.640. The highest BCUT2D eigenvalue weighted by Crippen LogP contribution is 1.98. The Kier molecular flexibility index (Phi) is 0.941. The van der Waals surface area contributed by atoms with Crippen LogP contribution in [0.1, 0.15) is 6.42 Å². The lowest BCUT2D eigenvalue weighted by molar-refractivity contribution is -0.670. The highest BCUT2D eigenvalue weighted by atomic mass is 16.6. The van der Waals surface area contributed by atoms with Gasteiger partial charge in [0.15, 0.2) is 0 Å². The summed E-state index contributed by atoms with van der Waals surface area (Å²) in [6.07, 6.45) is 0.701. The van der Waals surface area contributed by atoms with Crippen LogP contribution in [0, 0.1) is 10.1 Å². The van der Waals surface area contributed by atoms with E-state index in [9.17, 15) is 10.1 Å². The third kappa shape index (κ3) is 0.691. The number of rotatable bonds is 0. The second kappa shape index (κ2) is 1.46. The molecule has 0 bridgehead atoms. The summed E-state index contributed by atoms with van der Waals surface area (Å²) >= 11 is 0. The molecule has 0 amide bonds. The first kappa shape index (κ1) is 4.52. The molecule has 0 N–H and O–H groups in total. The van der Waals surface area contributed by atoms with Crippen LogP contribution in [0.4, 0.5) is 0 Å². The van der Waals surface area contributed by atoms with Crippen molar-refractivity contribution in [3.05, 3.63) is 10.1 Å². The maximum Gasteiger partial charge on any atom is 0.226 e. The Balaban J connectivity index is 2.48. The fourth-order valence-electron chi connectivity index (χ4n) is 0.564. The normalized spacial score (nSPS) is 21.3. The molecule has 0 aromatic carbocycles. The fourth-order valence-corrected chi connectivity index (χ4v) is 0.564. The number of hydrogen-bond acceptors (Lipinski definition) is 2. The zero-order valence-corrected chi connectivity index (χ0v) is 3.83. The van der Waals surface area contributed by atoms with Gasteiger partial charge in [0.25, 0.3) is 0 Å². The van der Waals surface area contributed by atoms with Crippen LogP contribution in [0.2, 0.25) is 0 Å². The highest BCUT2D eigenvalue weighted by molar-refractivity contribution is 4.48. The van der Waals surface area contributed by atoms with Gasteiger partial charge in [-0.25, -0.2) is 0 Å². The number of nitrogens with zero attached hydrogens (tertiary/aromatic N) is 2. The van der Waals surface area contributed by atoms with Gasteiger partial charge in [-0.1, -0.05) is 0 Å². The van der Waals surface area contributed by atoms with Gasteiger partial charge >= 0.3 is 0 Å². The Morgan fingerprint density at radius 2 is 2.43 bits per heavy atom. The van der Waals surface area contributed by atoms with E-state index < -0.39 is 0 Å². The zero-order chi connectivity index (χ0) is 5.28. The van der Waals surface area contributed by atoms with Gasteiger partial charge in [-0.3, -0.25) is 0 Å². The fraction of sp³-hybridized carbons (Fsp3) is 1.00. The van der Waals surface area contributed by atoms with Crippen LogP contribution in [-0.4, -0.2) is 23.1 Å². The van der Waals surface area contributed by atoms with Crippen LogP contribution >= 0.6 is 0 Å². The summed E-state index contributed by atoms with van der Waals surface area (Å²) in [5, 5.41) is 10.5. The van der Waals surface area contributed by atoms with E-state index in [2.05, 4.69) is 0 Å². The maximum atomic E-state index is 10.1. The SMILES string of the molecule is O=[N+]1CCCN1[O-]. The molecule has 0 atom stereocenters. The molecule has 0 spiro atoms. The van der Waals surface area contributed by atoms with Gasteiger partial charge in [0.1, 0.15) is 4.87 Å². The third-order valence-electron chi connectivity index (χ3n) is 0.948. The molecular weight excluding hydrogens is 96.0 g/mol. The molecule has 1 aliphatic heterocycles. The lowest BCUT2D eigenvalue weighted by atomic mass is 10.5. The summed E-state index contributed by atoms with van der Waals surface area (Å²) in [7, 11) is 0. The van der Waals surface area contributed by atoms with E-state index in [1.165, 1.54) is 0 Å². The minimum atomic E-state index is 0.365. The highest BCUT2D eigenvalue weighted by Gasteiger charge is 2.18. The van der Waals surface area contributed by atoms with Crippen LogP contribution in [0.15, 0.2) is 0 Å². The topological polar surface area (TPSA) is 46.4 Å². The van der Waals surface area contributed by atoms with E-state index in [0.717, 1.165) is 0 Å².